The van der Waals surface area contributed by atoms with Crippen LogP contribution in [0.25, 0.3) is 0 Å². The molecule has 24 heavy (non-hydrogen) atoms. The van der Waals surface area contributed by atoms with Gasteiger partial charge >= 0.3 is 0 Å². The fraction of sp³-hybridized carbons (Fsp3) is 0.533. The van der Waals surface area contributed by atoms with E-state index < -0.39 is 39.2 Å². The van der Waals surface area contributed by atoms with E-state index in [2.05, 4.69) is 5.32 Å². The summed E-state index contributed by atoms with van der Waals surface area (Å²) in [6, 6.07) is 3.33. The standard InChI is InChI=1S/C15H20F2N2O4S/c1-23-9-10-24(21,22)19-7-5-11(6-8-19)15(20)18-14-12(16)3-2-4-13(14)17/h2-4,11H,5-10H2,1H3,(H,18,20). The molecule has 0 aromatic heterocycles. The van der Waals surface area contributed by atoms with Crippen LogP contribution in [0.15, 0.2) is 18.2 Å². The number of ether oxygens (including phenoxy) is 1. The minimum Gasteiger partial charge on any atom is -0.384 e. The van der Waals surface area contributed by atoms with Crippen LogP contribution < -0.4 is 5.32 Å². The Morgan fingerprint density at radius 2 is 1.88 bits per heavy atom. The van der Waals surface area contributed by atoms with Crippen molar-refractivity contribution in [1.29, 1.82) is 0 Å². The minimum atomic E-state index is -3.41. The van der Waals surface area contributed by atoms with Gasteiger partial charge < -0.3 is 10.1 Å². The average molecular weight is 362 g/mol. The van der Waals surface area contributed by atoms with Crippen molar-refractivity contribution in [2.75, 3.05) is 37.9 Å². The van der Waals surface area contributed by atoms with E-state index in [9.17, 15) is 22.0 Å². The third-order valence-electron chi connectivity index (χ3n) is 3.97. The summed E-state index contributed by atoms with van der Waals surface area (Å²) in [5, 5.41) is 2.26. The van der Waals surface area contributed by atoms with Gasteiger partial charge in [-0.25, -0.2) is 21.5 Å². The van der Waals surface area contributed by atoms with Crippen LogP contribution >= 0.6 is 0 Å². The van der Waals surface area contributed by atoms with Crippen molar-refractivity contribution in [2.45, 2.75) is 12.8 Å². The van der Waals surface area contributed by atoms with Gasteiger partial charge in [0.15, 0.2) is 0 Å². The molecule has 134 valence electrons. The van der Waals surface area contributed by atoms with Crippen molar-refractivity contribution >= 4 is 21.6 Å². The number of benzene rings is 1. The second-order valence-electron chi connectivity index (χ2n) is 5.57. The molecule has 1 amide bonds. The molecule has 0 spiro atoms. The zero-order valence-corrected chi connectivity index (χ0v) is 14.1. The summed E-state index contributed by atoms with van der Waals surface area (Å²) in [6.45, 7) is 0.503. The van der Waals surface area contributed by atoms with E-state index in [-0.39, 0.29) is 25.4 Å². The first-order valence-corrected chi connectivity index (χ1v) is 9.17. The van der Waals surface area contributed by atoms with Crippen molar-refractivity contribution in [3.8, 4) is 0 Å². The molecule has 0 bridgehead atoms. The molecule has 1 aliphatic heterocycles. The lowest BCUT2D eigenvalue weighted by Gasteiger charge is -2.30. The number of hydrogen-bond acceptors (Lipinski definition) is 4. The van der Waals surface area contributed by atoms with Crippen LogP contribution in [0.3, 0.4) is 0 Å². The first-order valence-electron chi connectivity index (χ1n) is 7.57. The number of carbonyl (C=O) groups excluding carboxylic acids is 1. The van der Waals surface area contributed by atoms with Crippen molar-refractivity contribution in [3.05, 3.63) is 29.8 Å². The molecule has 0 radical (unpaired) electrons. The molecule has 9 heteroatoms. The fourth-order valence-corrected chi connectivity index (χ4v) is 3.96. The minimum absolute atomic E-state index is 0.106. The van der Waals surface area contributed by atoms with Gasteiger partial charge in [-0.15, -0.1) is 0 Å². The van der Waals surface area contributed by atoms with Crippen molar-refractivity contribution in [2.24, 2.45) is 5.92 Å². The van der Waals surface area contributed by atoms with E-state index in [0.717, 1.165) is 12.1 Å². The van der Waals surface area contributed by atoms with Crippen LogP contribution in [-0.4, -0.2) is 51.2 Å². The Labute approximate surface area is 139 Å². The van der Waals surface area contributed by atoms with E-state index >= 15 is 0 Å². The van der Waals surface area contributed by atoms with Gasteiger partial charge in [0.05, 0.1) is 12.4 Å². The Hall–Kier alpha value is -1.58. The third kappa shape index (κ3) is 4.49. The molecule has 1 N–H and O–H groups in total. The number of piperidine rings is 1. The number of para-hydroxylation sites is 1. The van der Waals surface area contributed by atoms with E-state index in [1.54, 1.807) is 0 Å². The molecule has 0 atom stereocenters. The maximum atomic E-state index is 13.6. The van der Waals surface area contributed by atoms with Crippen molar-refractivity contribution in [3.63, 3.8) is 0 Å². The monoisotopic (exact) mass is 362 g/mol. The number of sulfonamides is 1. The predicted octanol–water partition coefficient (Wildman–Crippen LogP) is 1.59. The molecule has 1 heterocycles. The van der Waals surface area contributed by atoms with Crippen LogP contribution in [0.5, 0.6) is 0 Å². The number of carbonyl (C=O) groups is 1. The Morgan fingerprint density at radius 1 is 1.29 bits per heavy atom. The van der Waals surface area contributed by atoms with Crippen LogP contribution in [-0.2, 0) is 19.6 Å². The quantitative estimate of drug-likeness (QED) is 0.834. The third-order valence-corrected chi connectivity index (χ3v) is 5.81. The summed E-state index contributed by atoms with van der Waals surface area (Å²) in [5.41, 5.74) is -0.474. The summed E-state index contributed by atoms with van der Waals surface area (Å²) < 4.78 is 57.3. The SMILES string of the molecule is COCCS(=O)(=O)N1CCC(C(=O)Nc2c(F)cccc2F)CC1. The number of halogens is 2. The van der Waals surface area contributed by atoms with Crippen molar-refractivity contribution in [1.82, 2.24) is 4.31 Å². The summed E-state index contributed by atoms with van der Waals surface area (Å²) >= 11 is 0. The van der Waals surface area contributed by atoms with Gasteiger partial charge in [0, 0.05) is 26.1 Å². The largest absolute Gasteiger partial charge is 0.384 e. The Bertz CT molecular complexity index is 668. The zero-order chi connectivity index (χ0) is 17.7. The Kier molecular flexibility index (Phi) is 6.25. The highest BCUT2D eigenvalue weighted by molar-refractivity contribution is 7.89. The van der Waals surface area contributed by atoms with Gasteiger partial charge in [-0.3, -0.25) is 4.79 Å². The van der Waals surface area contributed by atoms with Gasteiger partial charge in [0.25, 0.3) is 0 Å². The number of rotatable bonds is 6. The average Bonchev–Trinajstić information content (AvgIpc) is 2.56. The smallest absolute Gasteiger partial charge is 0.227 e. The topological polar surface area (TPSA) is 75.7 Å². The lowest BCUT2D eigenvalue weighted by molar-refractivity contribution is -0.121. The molecule has 6 nitrogen and oxygen atoms in total. The number of nitrogens with zero attached hydrogens (tertiary/aromatic N) is 1. The number of hydrogen-bond donors (Lipinski definition) is 1. The van der Waals surface area contributed by atoms with Gasteiger partial charge in [0.1, 0.15) is 17.3 Å². The normalized spacial score (nSPS) is 17.0. The fourth-order valence-electron chi connectivity index (χ4n) is 2.56. The van der Waals surface area contributed by atoms with E-state index in [1.165, 1.54) is 17.5 Å². The van der Waals surface area contributed by atoms with Gasteiger partial charge in [-0.05, 0) is 25.0 Å². The van der Waals surface area contributed by atoms with Crippen LogP contribution in [0.1, 0.15) is 12.8 Å². The predicted molar refractivity (Wildman–Crippen MR) is 84.9 cm³/mol. The van der Waals surface area contributed by atoms with E-state index in [1.807, 2.05) is 0 Å². The number of amides is 1. The Morgan fingerprint density at radius 3 is 2.42 bits per heavy atom. The first-order chi connectivity index (χ1) is 11.3. The lowest BCUT2D eigenvalue weighted by Crippen LogP contribution is -2.43. The first kappa shape index (κ1) is 18.8. The molecular formula is C15H20F2N2O4S. The summed E-state index contributed by atoms with van der Waals surface area (Å²) in [4.78, 5) is 12.2. The molecule has 1 aromatic rings. The number of methoxy groups -OCH3 is 1. The lowest BCUT2D eigenvalue weighted by atomic mass is 9.97. The maximum absolute atomic E-state index is 13.6. The van der Waals surface area contributed by atoms with Gasteiger partial charge in [0.2, 0.25) is 15.9 Å². The van der Waals surface area contributed by atoms with Gasteiger partial charge in [-0.2, -0.15) is 0 Å². The second kappa shape index (κ2) is 8.00. The maximum Gasteiger partial charge on any atom is 0.227 e. The molecule has 0 unspecified atom stereocenters. The molecule has 1 aliphatic rings. The summed E-state index contributed by atoms with van der Waals surface area (Å²) in [5.74, 6) is -2.79. The second-order valence-corrected chi connectivity index (χ2v) is 7.66. The highest BCUT2D eigenvalue weighted by Gasteiger charge is 2.31. The number of anilines is 1. The molecule has 2 rings (SSSR count). The molecule has 1 aromatic carbocycles. The van der Waals surface area contributed by atoms with Crippen LogP contribution in [0.2, 0.25) is 0 Å². The van der Waals surface area contributed by atoms with Gasteiger partial charge in [-0.1, -0.05) is 6.07 Å². The van der Waals surface area contributed by atoms with Crippen LogP contribution in [0, 0.1) is 17.6 Å². The highest BCUT2D eigenvalue weighted by Crippen LogP contribution is 2.24. The number of nitrogens with one attached hydrogen (secondary N) is 1. The Balaban J connectivity index is 1.93. The van der Waals surface area contributed by atoms with E-state index in [4.69, 9.17) is 4.74 Å². The summed E-state index contributed by atoms with van der Waals surface area (Å²) in [6.07, 6.45) is 0.599. The molecule has 0 aliphatic carbocycles. The highest BCUT2D eigenvalue weighted by atomic mass is 32.2. The molecule has 1 saturated heterocycles. The molecular weight excluding hydrogens is 342 g/mol. The zero-order valence-electron chi connectivity index (χ0n) is 13.3. The van der Waals surface area contributed by atoms with Crippen molar-refractivity contribution < 1.29 is 26.7 Å². The van der Waals surface area contributed by atoms with Crippen LogP contribution in [0.4, 0.5) is 14.5 Å². The van der Waals surface area contributed by atoms with E-state index in [0.29, 0.717) is 12.8 Å². The molecule has 1 fully saturated rings. The summed E-state index contributed by atoms with van der Waals surface area (Å²) in [7, 11) is -1.99. The molecule has 0 saturated carbocycles.